The van der Waals surface area contributed by atoms with Crippen molar-refractivity contribution in [3.63, 3.8) is 0 Å². The first-order chi connectivity index (χ1) is 9.86. The van der Waals surface area contributed by atoms with Crippen LogP contribution < -0.4 is 11.1 Å². The molecule has 0 amide bonds. The summed E-state index contributed by atoms with van der Waals surface area (Å²) < 4.78 is 2.24. The second kappa shape index (κ2) is 4.63. The van der Waals surface area contributed by atoms with Crippen LogP contribution in [0.3, 0.4) is 0 Å². The van der Waals surface area contributed by atoms with Crippen molar-refractivity contribution in [3.8, 4) is 11.3 Å². The van der Waals surface area contributed by atoms with E-state index in [4.69, 9.17) is 10.7 Å². The molecule has 1 aromatic heterocycles. The fourth-order valence-electron chi connectivity index (χ4n) is 3.46. The highest BCUT2D eigenvalue weighted by molar-refractivity contribution is 5.67. The van der Waals surface area contributed by atoms with E-state index in [0.717, 1.165) is 36.8 Å². The summed E-state index contributed by atoms with van der Waals surface area (Å²) in [5, 5.41) is 3.38. The van der Waals surface area contributed by atoms with Gasteiger partial charge in [-0.05, 0) is 42.9 Å². The molecule has 1 aromatic carbocycles. The monoisotopic (exact) mass is 268 g/mol. The van der Waals surface area contributed by atoms with E-state index in [-0.39, 0.29) is 0 Å². The summed E-state index contributed by atoms with van der Waals surface area (Å²) in [5.41, 5.74) is 12.4. The van der Waals surface area contributed by atoms with Gasteiger partial charge in [0.25, 0.3) is 0 Å². The van der Waals surface area contributed by atoms with Gasteiger partial charge < -0.3 is 15.6 Å². The number of rotatable bonds is 2. The minimum Gasteiger partial charge on any atom is -0.356 e. The lowest BCUT2D eigenvalue weighted by molar-refractivity contribution is 0.604. The van der Waals surface area contributed by atoms with Gasteiger partial charge in [0.2, 0.25) is 5.95 Å². The molecule has 0 bridgehead atoms. The smallest absolute Gasteiger partial charge is 0.203 e. The zero-order valence-corrected chi connectivity index (χ0v) is 11.7. The first-order valence-electron chi connectivity index (χ1n) is 7.52. The molecule has 4 rings (SSSR count). The number of nitrogens with zero attached hydrogens (tertiary/aromatic N) is 2. The van der Waals surface area contributed by atoms with Crippen LogP contribution in [0.2, 0.25) is 0 Å². The van der Waals surface area contributed by atoms with Crippen LogP contribution in [0.1, 0.15) is 29.7 Å². The third-order valence-corrected chi connectivity index (χ3v) is 4.48. The molecule has 2 heterocycles. The van der Waals surface area contributed by atoms with Crippen LogP contribution in [0.5, 0.6) is 0 Å². The minimum atomic E-state index is 0.543. The van der Waals surface area contributed by atoms with Crippen molar-refractivity contribution in [3.05, 3.63) is 35.0 Å². The number of imidazole rings is 1. The number of aryl methyl sites for hydroxylation is 2. The van der Waals surface area contributed by atoms with Crippen LogP contribution >= 0.6 is 0 Å². The molecule has 0 saturated heterocycles. The number of nitrogens with two attached hydrogens (primary N) is 1. The zero-order valence-electron chi connectivity index (χ0n) is 11.7. The fourth-order valence-corrected chi connectivity index (χ4v) is 3.46. The van der Waals surface area contributed by atoms with E-state index < -0.39 is 0 Å². The lowest BCUT2D eigenvalue weighted by atomic mass is 10.0. The average molecular weight is 268 g/mol. The molecule has 0 saturated carbocycles. The van der Waals surface area contributed by atoms with Gasteiger partial charge in [-0.25, -0.2) is 4.98 Å². The number of nitrogens with one attached hydrogen (secondary N) is 1. The molecular formula is C16H20N4. The Morgan fingerprint density at radius 1 is 1.20 bits per heavy atom. The van der Waals surface area contributed by atoms with Crippen molar-refractivity contribution in [1.29, 1.82) is 0 Å². The van der Waals surface area contributed by atoms with Crippen LogP contribution in [0.15, 0.2) is 18.2 Å². The van der Waals surface area contributed by atoms with Crippen LogP contribution in [-0.4, -0.2) is 16.1 Å². The maximum Gasteiger partial charge on any atom is 0.203 e. The quantitative estimate of drug-likeness (QED) is 0.879. The molecule has 2 aromatic rings. The Balaban J connectivity index is 1.83. The van der Waals surface area contributed by atoms with Crippen molar-refractivity contribution in [2.75, 3.05) is 11.9 Å². The summed E-state index contributed by atoms with van der Waals surface area (Å²) in [7, 11) is 0. The summed E-state index contributed by atoms with van der Waals surface area (Å²) >= 11 is 0. The van der Waals surface area contributed by atoms with E-state index in [0.29, 0.717) is 6.54 Å². The van der Waals surface area contributed by atoms with Gasteiger partial charge in [-0.2, -0.15) is 0 Å². The molecule has 2 aliphatic rings. The highest BCUT2D eigenvalue weighted by atomic mass is 15.2. The Morgan fingerprint density at radius 2 is 2.10 bits per heavy atom. The van der Waals surface area contributed by atoms with Gasteiger partial charge in [-0.3, -0.25) is 0 Å². The fraction of sp³-hybridized carbons (Fsp3) is 0.438. The second-order valence-electron chi connectivity index (χ2n) is 5.70. The van der Waals surface area contributed by atoms with Crippen LogP contribution in [0, 0.1) is 0 Å². The Labute approximate surface area is 119 Å². The lowest BCUT2D eigenvalue weighted by Gasteiger charge is -2.17. The van der Waals surface area contributed by atoms with Crippen LogP contribution in [0.25, 0.3) is 11.3 Å². The topological polar surface area (TPSA) is 55.9 Å². The maximum absolute atomic E-state index is 5.98. The highest BCUT2D eigenvalue weighted by Gasteiger charge is 2.20. The largest absolute Gasteiger partial charge is 0.356 e. The summed E-state index contributed by atoms with van der Waals surface area (Å²) in [5.74, 6) is 0.979. The normalized spacial score (nSPS) is 16.6. The first kappa shape index (κ1) is 12.0. The van der Waals surface area contributed by atoms with E-state index in [9.17, 15) is 0 Å². The number of aromatic nitrogens is 2. The third-order valence-electron chi connectivity index (χ3n) is 4.48. The van der Waals surface area contributed by atoms with Gasteiger partial charge >= 0.3 is 0 Å². The molecule has 0 atom stereocenters. The molecular weight excluding hydrogens is 248 g/mol. The molecule has 0 radical (unpaired) electrons. The molecule has 4 nitrogen and oxygen atoms in total. The Hall–Kier alpha value is -1.81. The molecule has 104 valence electrons. The van der Waals surface area contributed by atoms with Gasteiger partial charge in [0.1, 0.15) is 0 Å². The molecule has 1 aliphatic heterocycles. The van der Waals surface area contributed by atoms with E-state index in [1.807, 2.05) is 0 Å². The predicted octanol–water partition coefficient (Wildman–Crippen LogP) is 2.31. The van der Waals surface area contributed by atoms with Crippen LogP contribution in [-0.2, 0) is 25.9 Å². The Kier molecular flexibility index (Phi) is 2.77. The Morgan fingerprint density at radius 3 is 3.00 bits per heavy atom. The van der Waals surface area contributed by atoms with E-state index in [2.05, 4.69) is 28.1 Å². The SMILES string of the molecule is NCc1c(-c2ccc3c(c2)CCC3)nc2n1CCCN2. The zero-order chi connectivity index (χ0) is 13.5. The van der Waals surface area contributed by atoms with Crippen molar-refractivity contribution in [2.24, 2.45) is 5.73 Å². The van der Waals surface area contributed by atoms with Gasteiger partial charge in [0.05, 0.1) is 11.4 Å². The van der Waals surface area contributed by atoms with Crippen molar-refractivity contribution in [2.45, 2.75) is 38.8 Å². The minimum absolute atomic E-state index is 0.543. The average Bonchev–Trinajstić information content (AvgIpc) is 3.10. The van der Waals surface area contributed by atoms with Gasteiger partial charge in [0, 0.05) is 25.2 Å². The second-order valence-corrected chi connectivity index (χ2v) is 5.70. The molecule has 3 N–H and O–H groups in total. The van der Waals surface area contributed by atoms with Crippen molar-refractivity contribution >= 4 is 5.95 Å². The molecule has 0 unspecified atom stereocenters. The number of anilines is 1. The number of benzene rings is 1. The molecule has 0 spiro atoms. The summed E-state index contributed by atoms with van der Waals surface area (Å²) in [4.78, 5) is 4.79. The first-order valence-corrected chi connectivity index (χ1v) is 7.52. The third kappa shape index (κ3) is 1.75. The van der Waals surface area contributed by atoms with Gasteiger partial charge in [0.15, 0.2) is 0 Å². The van der Waals surface area contributed by atoms with Gasteiger partial charge in [-0.15, -0.1) is 0 Å². The van der Waals surface area contributed by atoms with Crippen molar-refractivity contribution in [1.82, 2.24) is 9.55 Å². The summed E-state index contributed by atoms with van der Waals surface area (Å²) in [6, 6.07) is 6.79. The maximum atomic E-state index is 5.98. The molecule has 0 fully saturated rings. The van der Waals surface area contributed by atoms with E-state index in [1.165, 1.54) is 36.0 Å². The predicted molar refractivity (Wildman–Crippen MR) is 80.7 cm³/mol. The number of hydrogen-bond acceptors (Lipinski definition) is 3. The molecule has 4 heteroatoms. The lowest BCUT2D eigenvalue weighted by Crippen LogP contribution is -2.19. The Bertz CT molecular complexity index is 657. The van der Waals surface area contributed by atoms with Crippen molar-refractivity contribution < 1.29 is 0 Å². The molecule has 20 heavy (non-hydrogen) atoms. The standard InChI is InChI=1S/C16H20N4/c17-10-14-15(19-16-18-7-2-8-20(14)16)13-6-5-11-3-1-4-12(11)9-13/h5-6,9H,1-4,7-8,10,17H2,(H,18,19). The van der Waals surface area contributed by atoms with E-state index >= 15 is 0 Å². The number of fused-ring (bicyclic) bond motifs is 2. The number of hydrogen-bond donors (Lipinski definition) is 2. The summed E-state index contributed by atoms with van der Waals surface area (Å²) in [6.45, 7) is 2.57. The van der Waals surface area contributed by atoms with Gasteiger partial charge in [-0.1, -0.05) is 12.1 Å². The van der Waals surface area contributed by atoms with Crippen LogP contribution in [0.4, 0.5) is 5.95 Å². The molecule has 1 aliphatic carbocycles. The van der Waals surface area contributed by atoms with E-state index in [1.54, 1.807) is 0 Å². The highest BCUT2D eigenvalue weighted by Crippen LogP contribution is 2.32. The summed E-state index contributed by atoms with van der Waals surface area (Å²) in [6.07, 6.45) is 4.84.